The fraction of sp³-hybridized carbons (Fsp3) is 0.722. The molecule has 0 saturated carbocycles. The summed E-state index contributed by atoms with van der Waals surface area (Å²) >= 11 is 0. The highest BCUT2D eigenvalue weighted by Gasteiger charge is 2.24. The number of sulfonamides is 1. The largest absolute Gasteiger partial charge is 0.468 e. The molecule has 0 aromatic carbocycles. The zero-order chi connectivity index (χ0) is 19.5. The van der Waals surface area contributed by atoms with Crippen LogP contribution in [0.15, 0.2) is 27.8 Å². The van der Waals surface area contributed by atoms with E-state index in [1.54, 1.807) is 6.26 Å². The average Bonchev–Trinajstić information content (AvgIpc) is 3.16. The third-order valence-corrected chi connectivity index (χ3v) is 5.21. The highest BCUT2D eigenvalue weighted by atomic mass is 127. The van der Waals surface area contributed by atoms with Crippen LogP contribution in [0, 0.1) is 0 Å². The van der Waals surface area contributed by atoms with Gasteiger partial charge < -0.3 is 15.1 Å². The van der Waals surface area contributed by atoms with Gasteiger partial charge in [-0.05, 0) is 51.4 Å². The second-order valence-electron chi connectivity index (χ2n) is 6.79. The van der Waals surface area contributed by atoms with Crippen molar-refractivity contribution in [3.05, 3.63) is 24.2 Å². The van der Waals surface area contributed by atoms with Gasteiger partial charge in [-0.3, -0.25) is 9.89 Å². The van der Waals surface area contributed by atoms with Crippen molar-refractivity contribution < 1.29 is 12.8 Å². The van der Waals surface area contributed by atoms with E-state index < -0.39 is 10.0 Å². The van der Waals surface area contributed by atoms with Gasteiger partial charge >= 0.3 is 0 Å². The van der Waals surface area contributed by atoms with Gasteiger partial charge in [-0.25, -0.2) is 13.1 Å². The van der Waals surface area contributed by atoms with Crippen LogP contribution in [0.5, 0.6) is 0 Å². The number of rotatable bonds is 10. The van der Waals surface area contributed by atoms with Crippen molar-refractivity contribution in [1.82, 2.24) is 20.3 Å². The Bertz CT molecular complexity index is 661. The molecule has 3 N–H and O–H groups in total. The van der Waals surface area contributed by atoms with E-state index in [4.69, 9.17) is 9.41 Å². The number of likely N-dealkylation sites (tertiary alicyclic amines) is 1. The molecule has 0 aliphatic carbocycles. The predicted octanol–water partition coefficient (Wildman–Crippen LogP) is 1.92. The number of halogens is 1. The van der Waals surface area contributed by atoms with Gasteiger partial charge in [0.15, 0.2) is 5.96 Å². The molecule has 0 radical (unpaired) electrons. The van der Waals surface area contributed by atoms with Crippen molar-refractivity contribution in [1.29, 1.82) is 0 Å². The molecule has 1 saturated heterocycles. The summed E-state index contributed by atoms with van der Waals surface area (Å²) in [7, 11) is -3.13. The van der Waals surface area contributed by atoms with E-state index in [-0.39, 0.29) is 30.0 Å². The van der Waals surface area contributed by atoms with E-state index in [1.165, 1.54) is 25.5 Å². The number of guanidine groups is 1. The van der Waals surface area contributed by atoms with E-state index in [0.29, 0.717) is 26.1 Å². The highest BCUT2D eigenvalue weighted by Crippen LogP contribution is 2.25. The Morgan fingerprint density at radius 2 is 2.00 bits per heavy atom. The van der Waals surface area contributed by atoms with Crippen LogP contribution < -0.4 is 15.4 Å². The summed E-state index contributed by atoms with van der Waals surface area (Å²) in [5, 5.41) is 6.51. The number of nitrogens with one attached hydrogen (secondary N) is 3. The van der Waals surface area contributed by atoms with Gasteiger partial charge in [0, 0.05) is 19.6 Å². The van der Waals surface area contributed by atoms with Gasteiger partial charge in [0.05, 0.1) is 25.1 Å². The van der Waals surface area contributed by atoms with Crippen LogP contribution in [0.25, 0.3) is 0 Å². The van der Waals surface area contributed by atoms with Gasteiger partial charge in [0.1, 0.15) is 5.76 Å². The third-order valence-electron chi connectivity index (χ3n) is 4.48. The molecule has 8 nitrogen and oxygen atoms in total. The molecule has 162 valence electrons. The molecule has 10 heteroatoms. The summed E-state index contributed by atoms with van der Waals surface area (Å²) < 4.78 is 30.3. The monoisotopic (exact) mass is 527 g/mol. The maximum absolute atomic E-state index is 11.1. The molecule has 1 unspecified atom stereocenters. The Hall–Kier alpha value is -0.850. The van der Waals surface area contributed by atoms with Crippen molar-refractivity contribution in [3.63, 3.8) is 0 Å². The van der Waals surface area contributed by atoms with Crippen molar-refractivity contribution in [2.24, 2.45) is 4.99 Å². The number of furan rings is 1. The molecular weight excluding hydrogens is 493 g/mol. The quantitative estimate of drug-likeness (QED) is 0.186. The average molecular weight is 527 g/mol. The lowest BCUT2D eigenvalue weighted by atomic mass is 10.1. The van der Waals surface area contributed by atoms with E-state index in [1.807, 2.05) is 19.1 Å². The van der Waals surface area contributed by atoms with Crippen molar-refractivity contribution in [3.8, 4) is 0 Å². The summed E-state index contributed by atoms with van der Waals surface area (Å²) in [6, 6.07) is 4.09. The van der Waals surface area contributed by atoms with Crippen molar-refractivity contribution in [2.75, 3.05) is 45.5 Å². The topological polar surface area (TPSA) is 99.0 Å². The summed E-state index contributed by atoms with van der Waals surface area (Å²) in [6.07, 6.45) is 7.29. The van der Waals surface area contributed by atoms with Crippen LogP contribution in [0.4, 0.5) is 0 Å². The van der Waals surface area contributed by atoms with E-state index in [0.717, 1.165) is 31.4 Å². The molecule has 1 aromatic heterocycles. The molecule has 0 spiro atoms. The molecule has 1 aliphatic heterocycles. The molecule has 2 rings (SSSR count). The van der Waals surface area contributed by atoms with E-state index in [2.05, 4.69) is 20.3 Å². The highest BCUT2D eigenvalue weighted by molar-refractivity contribution is 14.0. The van der Waals surface area contributed by atoms with Crippen LogP contribution in [-0.2, 0) is 10.0 Å². The maximum atomic E-state index is 11.1. The first-order valence-electron chi connectivity index (χ1n) is 9.74. The van der Waals surface area contributed by atoms with E-state index in [9.17, 15) is 8.42 Å². The zero-order valence-corrected chi connectivity index (χ0v) is 20.0. The Balaban J connectivity index is 0.00000392. The Morgan fingerprint density at radius 1 is 1.25 bits per heavy atom. The molecule has 0 bridgehead atoms. The summed E-state index contributed by atoms with van der Waals surface area (Å²) in [5.41, 5.74) is 0. The zero-order valence-electron chi connectivity index (χ0n) is 16.8. The van der Waals surface area contributed by atoms with Crippen LogP contribution in [0.3, 0.4) is 0 Å². The number of piperidine rings is 1. The van der Waals surface area contributed by atoms with Crippen molar-refractivity contribution >= 4 is 40.0 Å². The van der Waals surface area contributed by atoms with Gasteiger partial charge in [0.25, 0.3) is 0 Å². The first kappa shape index (κ1) is 25.2. The number of aliphatic imine (C=N–C) groups is 1. The molecule has 2 heterocycles. The van der Waals surface area contributed by atoms with E-state index >= 15 is 0 Å². The minimum atomic E-state index is -3.13. The van der Waals surface area contributed by atoms with Gasteiger partial charge in [-0.15, -0.1) is 24.0 Å². The summed E-state index contributed by atoms with van der Waals surface area (Å²) in [5.74, 6) is 1.69. The van der Waals surface area contributed by atoms with Crippen molar-refractivity contribution in [2.45, 2.75) is 38.6 Å². The van der Waals surface area contributed by atoms with Gasteiger partial charge in [-0.1, -0.05) is 6.42 Å². The number of nitrogens with zero attached hydrogens (tertiary/aromatic N) is 2. The normalized spacial score (nSPS) is 17.0. The number of hydrogen-bond acceptors (Lipinski definition) is 5. The smallest absolute Gasteiger partial charge is 0.208 e. The number of hydrogen-bond donors (Lipinski definition) is 3. The third kappa shape index (κ3) is 9.57. The van der Waals surface area contributed by atoms with Crippen LogP contribution >= 0.6 is 24.0 Å². The predicted molar refractivity (Wildman–Crippen MR) is 124 cm³/mol. The van der Waals surface area contributed by atoms with Crippen LogP contribution in [0.2, 0.25) is 0 Å². The standard InChI is InChI=1S/C18H33N5O3S.HI/c1-3-19-18(20-10-8-11-22-27(2,24)25)21-15-16(17-9-7-14-26-17)23-12-5-4-6-13-23;/h7,9,14,16,22H,3-6,8,10-13,15H2,1-2H3,(H2,19,20,21);1H. The molecule has 1 aliphatic rings. The van der Waals surface area contributed by atoms with Crippen LogP contribution in [-0.4, -0.2) is 64.8 Å². The van der Waals surface area contributed by atoms with Gasteiger partial charge in [0.2, 0.25) is 10.0 Å². The first-order valence-corrected chi connectivity index (χ1v) is 11.6. The fourth-order valence-corrected chi connectivity index (χ4v) is 3.68. The summed E-state index contributed by atoms with van der Waals surface area (Å²) in [4.78, 5) is 7.20. The maximum Gasteiger partial charge on any atom is 0.208 e. The lowest BCUT2D eigenvalue weighted by Crippen LogP contribution is -2.40. The SMILES string of the molecule is CCNC(=NCC(c1ccco1)N1CCCCC1)NCCCNS(C)(=O)=O.I. The molecule has 1 fully saturated rings. The lowest BCUT2D eigenvalue weighted by Gasteiger charge is -2.32. The first-order chi connectivity index (χ1) is 13.0. The second-order valence-corrected chi connectivity index (χ2v) is 8.63. The Kier molecular flexibility index (Phi) is 12.0. The molecule has 1 atom stereocenters. The Morgan fingerprint density at radius 3 is 2.61 bits per heavy atom. The molecular formula is C18H34IN5O3S. The minimum absolute atomic E-state index is 0. The summed E-state index contributed by atoms with van der Waals surface area (Å²) in [6.45, 7) is 6.60. The molecule has 0 amide bonds. The lowest BCUT2D eigenvalue weighted by molar-refractivity contribution is 0.150. The second kappa shape index (κ2) is 13.4. The minimum Gasteiger partial charge on any atom is -0.468 e. The fourth-order valence-electron chi connectivity index (χ4n) is 3.17. The molecule has 28 heavy (non-hydrogen) atoms. The van der Waals surface area contributed by atoms with Crippen LogP contribution in [0.1, 0.15) is 44.4 Å². The molecule has 1 aromatic rings. The van der Waals surface area contributed by atoms with Gasteiger partial charge in [-0.2, -0.15) is 0 Å². The Labute approximate surface area is 186 Å².